The van der Waals surface area contributed by atoms with Crippen molar-refractivity contribution in [1.82, 2.24) is 15.1 Å². The first kappa shape index (κ1) is 13.0. The lowest BCUT2D eigenvalue weighted by Gasteiger charge is -2.11. The fraction of sp³-hybridized carbons (Fsp3) is 0.700. The summed E-state index contributed by atoms with van der Waals surface area (Å²) in [5.41, 5.74) is -0.830. The Morgan fingerprint density at radius 2 is 2.19 bits per heavy atom. The average molecular weight is 235 g/mol. The quantitative estimate of drug-likeness (QED) is 0.848. The van der Waals surface area contributed by atoms with Crippen LogP contribution in [-0.4, -0.2) is 22.4 Å². The molecule has 0 aromatic carbocycles. The van der Waals surface area contributed by atoms with Crippen LogP contribution < -0.4 is 5.32 Å². The maximum Gasteiger partial charge on any atom is 0.435 e. The predicted molar refractivity (Wildman–Crippen MR) is 55.0 cm³/mol. The molecule has 1 rings (SSSR count). The number of aryl methyl sites for hydroxylation is 1. The summed E-state index contributed by atoms with van der Waals surface area (Å²) in [7, 11) is 0. The van der Waals surface area contributed by atoms with E-state index in [9.17, 15) is 13.2 Å². The first-order valence-electron chi connectivity index (χ1n) is 5.27. The van der Waals surface area contributed by atoms with Crippen LogP contribution in [0, 0.1) is 0 Å². The normalized spacial score (nSPS) is 14.1. The molecule has 1 atom stereocenters. The van der Waals surface area contributed by atoms with E-state index in [2.05, 4.69) is 10.4 Å². The number of hydrogen-bond acceptors (Lipinski definition) is 2. The maximum absolute atomic E-state index is 12.2. The van der Waals surface area contributed by atoms with E-state index < -0.39 is 11.9 Å². The Bertz CT molecular complexity index is 319. The molecule has 92 valence electrons. The number of rotatable bonds is 5. The largest absolute Gasteiger partial charge is 0.435 e. The van der Waals surface area contributed by atoms with Gasteiger partial charge in [-0.2, -0.15) is 18.3 Å². The van der Waals surface area contributed by atoms with E-state index in [0.29, 0.717) is 6.54 Å². The number of halogens is 3. The van der Waals surface area contributed by atoms with Gasteiger partial charge in [0.15, 0.2) is 5.69 Å². The van der Waals surface area contributed by atoms with Crippen molar-refractivity contribution in [2.75, 3.05) is 6.54 Å². The van der Waals surface area contributed by atoms with Gasteiger partial charge in [-0.15, -0.1) is 0 Å². The van der Waals surface area contributed by atoms with Crippen LogP contribution in [0.3, 0.4) is 0 Å². The highest BCUT2D eigenvalue weighted by atomic mass is 19.4. The summed E-state index contributed by atoms with van der Waals surface area (Å²) in [5, 5.41) is 6.67. The monoisotopic (exact) mass is 235 g/mol. The Morgan fingerprint density at radius 1 is 1.50 bits per heavy atom. The third-order valence-electron chi connectivity index (χ3n) is 2.27. The summed E-state index contributed by atoms with van der Waals surface area (Å²) in [5.74, 6) is 0. The third-order valence-corrected chi connectivity index (χ3v) is 2.27. The molecule has 0 aliphatic carbocycles. The Kier molecular flexibility index (Phi) is 4.35. The van der Waals surface area contributed by atoms with E-state index in [4.69, 9.17) is 0 Å². The molecule has 0 fully saturated rings. The van der Waals surface area contributed by atoms with Crippen molar-refractivity contribution in [2.45, 2.75) is 39.0 Å². The van der Waals surface area contributed by atoms with Gasteiger partial charge in [-0.05, 0) is 26.0 Å². The molecule has 1 aromatic rings. The molecule has 1 aromatic heterocycles. The van der Waals surface area contributed by atoms with E-state index in [1.165, 1.54) is 10.9 Å². The zero-order chi connectivity index (χ0) is 12.2. The topological polar surface area (TPSA) is 29.9 Å². The van der Waals surface area contributed by atoms with Gasteiger partial charge in [0.2, 0.25) is 0 Å². The highest BCUT2D eigenvalue weighted by Crippen LogP contribution is 2.27. The first-order valence-corrected chi connectivity index (χ1v) is 5.27. The molecule has 0 spiro atoms. The zero-order valence-corrected chi connectivity index (χ0v) is 9.38. The van der Waals surface area contributed by atoms with E-state index in [1.54, 1.807) is 0 Å². The van der Waals surface area contributed by atoms with Gasteiger partial charge < -0.3 is 5.32 Å². The molecule has 0 amide bonds. The lowest BCUT2D eigenvalue weighted by atomic mass is 10.2. The summed E-state index contributed by atoms with van der Waals surface area (Å²) >= 11 is 0. The summed E-state index contributed by atoms with van der Waals surface area (Å²) in [6, 6.07) is 1.28. The summed E-state index contributed by atoms with van der Waals surface area (Å²) < 4.78 is 38.0. The van der Waals surface area contributed by atoms with Crippen molar-refractivity contribution in [3.63, 3.8) is 0 Å². The highest BCUT2D eigenvalue weighted by Gasteiger charge is 2.33. The van der Waals surface area contributed by atoms with E-state index >= 15 is 0 Å². The lowest BCUT2D eigenvalue weighted by molar-refractivity contribution is -0.141. The minimum atomic E-state index is -4.35. The zero-order valence-electron chi connectivity index (χ0n) is 9.38. The van der Waals surface area contributed by atoms with Crippen molar-refractivity contribution in [3.8, 4) is 0 Å². The second-order valence-electron chi connectivity index (χ2n) is 3.71. The molecule has 3 nitrogen and oxygen atoms in total. The number of alkyl halides is 3. The third kappa shape index (κ3) is 3.84. The molecular formula is C10H16F3N3. The molecule has 1 unspecified atom stereocenters. The smallest absolute Gasteiger partial charge is 0.314 e. The molecular weight excluding hydrogens is 219 g/mol. The molecule has 1 N–H and O–H groups in total. The fourth-order valence-electron chi connectivity index (χ4n) is 1.41. The maximum atomic E-state index is 12.2. The highest BCUT2D eigenvalue weighted by molar-refractivity contribution is 5.03. The van der Waals surface area contributed by atoms with Gasteiger partial charge in [0.25, 0.3) is 0 Å². The Hall–Kier alpha value is -1.04. The number of nitrogens with zero attached hydrogens (tertiary/aromatic N) is 2. The molecule has 6 heteroatoms. The number of nitrogens with one attached hydrogen (secondary N) is 1. The number of hydrogen-bond donors (Lipinski definition) is 1. The molecule has 1 heterocycles. The minimum absolute atomic E-state index is 0.281. The molecule has 0 aliphatic rings. The van der Waals surface area contributed by atoms with Gasteiger partial charge in [-0.1, -0.05) is 6.92 Å². The van der Waals surface area contributed by atoms with Gasteiger partial charge in [-0.25, -0.2) is 0 Å². The van der Waals surface area contributed by atoms with E-state index in [1.807, 2.05) is 13.8 Å². The van der Waals surface area contributed by atoms with Gasteiger partial charge in [-0.3, -0.25) is 4.68 Å². The molecule has 0 saturated carbocycles. The van der Waals surface area contributed by atoms with Crippen molar-refractivity contribution in [3.05, 3.63) is 18.0 Å². The Labute approximate surface area is 92.6 Å². The minimum Gasteiger partial charge on any atom is -0.314 e. The molecule has 16 heavy (non-hydrogen) atoms. The second-order valence-corrected chi connectivity index (χ2v) is 3.71. The van der Waals surface area contributed by atoms with Crippen LogP contribution in [0.25, 0.3) is 0 Å². The summed E-state index contributed by atoms with van der Waals surface area (Å²) in [6.07, 6.45) is -2.23. The predicted octanol–water partition coefficient (Wildman–Crippen LogP) is 2.29. The van der Waals surface area contributed by atoms with Crippen molar-refractivity contribution in [1.29, 1.82) is 0 Å². The van der Waals surface area contributed by atoms with Crippen LogP contribution in [-0.2, 0) is 12.7 Å². The van der Waals surface area contributed by atoms with Crippen molar-refractivity contribution >= 4 is 0 Å². The van der Waals surface area contributed by atoms with Crippen LogP contribution >= 0.6 is 0 Å². The fourth-order valence-corrected chi connectivity index (χ4v) is 1.41. The summed E-state index contributed by atoms with van der Waals surface area (Å²) in [6.45, 7) is 5.34. The van der Waals surface area contributed by atoms with Crippen molar-refractivity contribution in [2.24, 2.45) is 0 Å². The van der Waals surface area contributed by atoms with E-state index in [0.717, 1.165) is 19.0 Å². The van der Waals surface area contributed by atoms with Gasteiger partial charge in [0.1, 0.15) is 0 Å². The Balaban J connectivity index is 2.47. The summed E-state index contributed by atoms with van der Waals surface area (Å²) in [4.78, 5) is 0. The van der Waals surface area contributed by atoms with Crippen LogP contribution in [0.4, 0.5) is 13.2 Å². The van der Waals surface area contributed by atoms with Crippen LogP contribution in [0.1, 0.15) is 26.0 Å². The number of aromatic nitrogens is 2. The average Bonchev–Trinajstić information content (AvgIpc) is 2.63. The van der Waals surface area contributed by atoms with Crippen LogP contribution in [0.2, 0.25) is 0 Å². The molecule has 0 aliphatic heterocycles. The lowest BCUT2D eigenvalue weighted by Crippen LogP contribution is -2.26. The van der Waals surface area contributed by atoms with Gasteiger partial charge >= 0.3 is 6.18 Å². The van der Waals surface area contributed by atoms with Gasteiger partial charge in [0, 0.05) is 18.8 Å². The van der Waals surface area contributed by atoms with E-state index in [-0.39, 0.29) is 6.04 Å². The van der Waals surface area contributed by atoms with Crippen LogP contribution in [0.5, 0.6) is 0 Å². The second kappa shape index (κ2) is 5.34. The molecule has 0 saturated heterocycles. The standard InChI is InChI=1S/C10H16F3N3/c1-3-14-8(2)4-6-16-7-5-9(15-16)10(11,12)13/h5,7-8,14H,3-4,6H2,1-2H3. The van der Waals surface area contributed by atoms with Crippen molar-refractivity contribution < 1.29 is 13.2 Å². The molecule has 0 bridgehead atoms. The Morgan fingerprint density at radius 3 is 2.69 bits per heavy atom. The van der Waals surface area contributed by atoms with Crippen LogP contribution in [0.15, 0.2) is 12.3 Å². The van der Waals surface area contributed by atoms with Gasteiger partial charge in [0.05, 0.1) is 0 Å². The first-order chi connectivity index (χ1) is 7.43. The molecule has 0 radical (unpaired) electrons. The SMILES string of the molecule is CCNC(C)CCn1ccc(C(F)(F)F)n1.